The zero-order valence-corrected chi connectivity index (χ0v) is 74.1. The van der Waals surface area contributed by atoms with E-state index in [1.165, 1.54) is 28.4 Å². The highest BCUT2D eigenvalue weighted by molar-refractivity contribution is 5.95. The van der Waals surface area contributed by atoms with Crippen molar-refractivity contribution in [3.63, 3.8) is 0 Å². The summed E-state index contributed by atoms with van der Waals surface area (Å²) < 4.78 is 33.3. The van der Waals surface area contributed by atoms with E-state index < -0.39 is 84.3 Å². The van der Waals surface area contributed by atoms with E-state index in [1.807, 2.05) is 70.5 Å². The van der Waals surface area contributed by atoms with E-state index in [9.17, 15) is 19.2 Å². The fourth-order valence-electron chi connectivity index (χ4n) is 21.1. The number of ether oxygens (including phenoxy) is 6. The molecule has 8 fully saturated rings. The second kappa shape index (κ2) is 36.4. The molecule has 12 aromatic rings. The maximum atomic E-state index is 16.6. The highest BCUT2D eigenvalue weighted by Crippen LogP contribution is 2.60. The molecule has 4 aromatic heterocycles. The van der Waals surface area contributed by atoms with E-state index in [0.717, 1.165) is 137 Å². The van der Waals surface area contributed by atoms with Gasteiger partial charge in [0.25, 0.3) is 11.8 Å². The van der Waals surface area contributed by atoms with Gasteiger partial charge in [-0.25, -0.2) is 39.1 Å². The van der Waals surface area contributed by atoms with Crippen LogP contribution in [-0.2, 0) is 47.6 Å². The fourth-order valence-corrected chi connectivity index (χ4v) is 21.1. The molecule has 678 valence electrons. The zero-order valence-electron chi connectivity index (χ0n) is 74.1. The zero-order chi connectivity index (χ0) is 90.5. The summed E-state index contributed by atoms with van der Waals surface area (Å²) in [5, 5.41) is 11.9. The minimum Gasteiger partial charge on any atom is -0.453 e. The molecule has 8 aliphatic rings. The number of benzene rings is 8. The van der Waals surface area contributed by atoms with Crippen molar-refractivity contribution < 1.29 is 66.8 Å². The van der Waals surface area contributed by atoms with Crippen LogP contribution in [0.1, 0.15) is 161 Å². The Morgan fingerprint density at radius 2 is 0.689 bits per heavy atom. The van der Waals surface area contributed by atoms with E-state index in [-0.39, 0.29) is 34.7 Å². The summed E-state index contributed by atoms with van der Waals surface area (Å²) in [7, 11) is 5.01. The van der Waals surface area contributed by atoms with E-state index in [0.29, 0.717) is 138 Å². The van der Waals surface area contributed by atoms with Gasteiger partial charge in [0.05, 0.1) is 100 Å². The van der Waals surface area contributed by atoms with Crippen LogP contribution in [0.4, 0.5) is 19.2 Å². The third-order valence-electron chi connectivity index (χ3n) is 28.6. The average Bonchev–Trinajstić information content (AvgIpc) is 1.51. The monoisotopic (exact) mass is 1780 g/mol. The number of carbonyl (C=O) groups excluding carboxylic acids is 8. The second-order valence-electron chi connectivity index (χ2n) is 36.6. The van der Waals surface area contributed by atoms with Crippen LogP contribution in [0.3, 0.4) is 0 Å². The molecule has 2 spiro atoms. The summed E-state index contributed by atoms with van der Waals surface area (Å²) in [6.07, 6.45) is 13.1. The van der Waals surface area contributed by atoms with Crippen LogP contribution in [0.5, 0.6) is 0 Å². The van der Waals surface area contributed by atoms with E-state index in [4.69, 9.17) is 48.4 Å². The average molecular weight is 1780 g/mol. The van der Waals surface area contributed by atoms with Crippen molar-refractivity contribution in [1.82, 2.24) is 80.1 Å². The summed E-state index contributed by atoms with van der Waals surface area (Å²) >= 11 is 0. The molecule has 20 rings (SSSR count). The number of hydrogen-bond acceptors (Lipinski definition) is 18. The molecule has 30 nitrogen and oxygen atoms in total. The molecule has 2 saturated carbocycles. The first-order valence-corrected chi connectivity index (χ1v) is 45.8. The lowest BCUT2D eigenvalue weighted by atomic mass is 9.88. The van der Waals surface area contributed by atoms with Crippen LogP contribution in [0.25, 0.3) is 88.8 Å². The smallest absolute Gasteiger partial charge is 0.429 e. The number of likely N-dealkylation sites (tertiary alicyclic amines) is 4. The molecule has 8 amide bonds. The number of amides is 8. The van der Waals surface area contributed by atoms with Crippen molar-refractivity contribution in [3.8, 4) is 67.3 Å². The van der Waals surface area contributed by atoms with Gasteiger partial charge in [-0.05, 0) is 203 Å². The maximum Gasteiger partial charge on any atom is 0.429 e. The van der Waals surface area contributed by atoms with Crippen molar-refractivity contribution >= 4 is 69.5 Å². The van der Waals surface area contributed by atoms with Crippen molar-refractivity contribution in [2.75, 3.05) is 81.0 Å². The van der Waals surface area contributed by atoms with Crippen molar-refractivity contribution in [3.05, 3.63) is 241 Å². The van der Waals surface area contributed by atoms with Gasteiger partial charge < -0.3 is 78.6 Å². The molecule has 0 bridgehead atoms. The molecular formula is C102H106N16O14. The van der Waals surface area contributed by atoms with Crippen LogP contribution in [-0.4, -0.2) is 211 Å². The number of H-pyrrole nitrogens is 4. The number of rotatable bonds is 22. The van der Waals surface area contributed by atoms with Gasteiger partial charge in [0.2, 0.25) is 11.8 Å². The summed E-state index contributed by atoms with van der Waals surface area (Å²) in [5.74, 6) is 0.142. The Bertz CT molecular complexity index is 5940. The lowest BCUT2D eigenvalue weighted by Gasteiger charge is -2.47. The molecule has 132 heavy (non-hydrogen) atoms. The minimum absolute atomic E-state index is 0.198. The second-order valence-corrected chi connectivity index (χ2v) is 36.6. The molecule has 8 atom stereocenters. The molecular weight excluding hydrogens is 1670 g/mol. The van der Waals surface area contributed by atoms with Gasteiger partial charge >= 0.3 is 24.4 Å². The van der Waals surface area contributed by atoms with Crippen molar-refractivity contribution in [1.29, 1.82) is 0 Å². The number of nitrogens with one attached hydrogen (secondary N) is 6. The summed E-state index contributed by atoms with van der Waals surface area (Å²) in [4.78, 5) is 159. The third-order valence-corrected chi connectivity index (χ3v) is 28.6. The van der Waals surface area contributed by atoms with Gasteiger partial charge in [-0.3, -0.25) is 19.2 Å². The van der Waals surface area contributed by atoms with Gasteiger partial charge in [-0.2, -0.15) is 10.0 Å². The van der Waals surface area contributed by atoms with Crippen LogP contribution < -0.4 is 10.6 Å². The number of methoxy groups -OCH3 is 4. The van der Waals surface area contributed by atoms with Crippen LogP contribution in [0.15, 0.2) is 207 Å². The standard InChI is InChI=1S/C102H106N16O14/c1-127-97(123)111-85(65-13-7-5-8-14-65)93(119)113-43-11-17-81(113)89-103-57-79(109-89)75-33-31-71-49-69(27-29-73(71)51-75)61-19-23-63(24-20-61)77-55-105-91(107-77)83-53-101(39-40-101)59-115(83)95(121)87(67-35-45-131-46-36-67)117(99(125)129-3)118(100(126)130-4)88(68-37-47-132-48-38-68)96(122)116-60-102(41-42-102)54-84(116)92-106-56-78(108-92)64-25-21-62(22-26-64)70-28-30-74-52-76(34-32-72(74)50-70)80-58-104-90(110-80)82-18-12-44-114(82)94(120)86(112-98(124)128-2)66-15-9-6-10-16-66/h5-10,13-16,19-34,49-52,55-58,67-68,81-88H,11-12,17-18,35-48,53-54,59-60H2,1-4H3,(H,103,109)(H,104,110)(H,105,107)(H,106,108)(H,111,123)(H,112,124). The number of alkyl carbamates (subject to hydrolysis) is 2. The summed E-state index contributed by atoms with van der Waals surface area (Å²) in [6, 6.07) is 53.9. The van der Waals surface area contributed by atoms with Crippen LogP contribution >= 0.6 is 0 Å². The van der Waals surface area contributed by atoms with Crippen molar-refractivity contribution in [2.45, 2.75) is 138 Å². The first-order chi connectivity index (χ1) is 64.4. The highest BCUT2D eigenvalue weighted by Gasteiger charge is 2.61. The first kappa shape index (κ1) is 86.1. The predicted molar refractivity (Wildman–Crippen MR) is 491 cm³/mol. The Labute approximate surface area is 762 Å². The molecule has 30 heteroatoms. The molecule has 6 aliphatic heterocycles. The minimum atomic E-state index is -1.36. The first-order valence-electron chi connectivity index (χ1n) is 45.8. The highest BCUT2D eigenvalue weighted by atomic mass is 16.6. The number of fused-ring (bicyclic) bond motifs is 2. The molecule has 8 unspecified atom stereocenters. The number of aromatic nitrogens is 8. The summed E-state index contributed by atoms with van der Waals surface area (Å²) in [5.41, 5.74) is 11.8. The van der Waals surface area contributed by atoms with Crippen molar-refractivity contribution in [2.24, 2.45) is 22.7 Å². The van der Waals surface area contributed by atoms with Crippen LogP contribution in [0, 0.1) is 22.7 Å². The lowest BCUT2D eigenvalue weighted by molar-refractivity contribution is -0.164. The Hall–Kier alpha value is -14.0. The predicted octanol–water partition coefficient (Wildman–Crippen LogP) is 16.9. The molecule has 6 N–H and O–H groups in total. The van der Waals surface area contributed by atoms with E-state index >= 15 is 19.2 Å². The van der Waals surface area contributed by atoms with Gasteiger partial charge in [-0.1, -0.05) is 158 Å². The van der Waals surface area contributed by atoms with Crippen LogP contribution in [0.2, 0.25) is 0 Å². The van der Waals surface area contributed by atoms with Gasteiger partial charge in [0.1, 0.15) is 47.5 Å². The Kier molecular flexibility index (Phi) is 23.7. The number of carbonyl (C=O) groups is 8. The molecule has 10 heterocycles. The molecule has 0 radical (unpaired) electrons. The van der Waals surface area contributed by atoms with Gasteiger partial charge in [-0.15, -0.1) is 0 Å². The third kappa shape index (κ3) is 17.0. The normalized spacial score (nSPS) is 20.1. The van der Waals surface area contributed by atoms with E-state index in [1.54, 1.807) is 34.6 Å². The molecule has 2 aliphatic carbocycles. The lowest BCUT2D eigenvalue weighted by Crippen LogP contribution is -2.68. The van der Waals surface area contributed by atoms with Gasteiger partial charge in [0.15, 0.2) is 0 Å². The molecule has 6 saturated heterocycles. The Balaban J connectivity index is 0.525. The Morgan fingerprint density at radius 1 is 0.371 bits per heavy atom. The van der Waals surface area contributed by atoms with E-state index in [2.05, 4.69) is 152 Å². The maximum absolute atomic E-state index is 16.6. The number of hydrazine groups is 1. The number of imidazole rings is 4. The quantitative estimate of drug-likeness (QED) is 0.0271. The number of nitrogens with zero attached hydrogens (tertiary/aromatic N) is 10. The van der Waals surface area contributed by atoms with Gasteiger partial charge in [0, 0.05) is 63.7 Å². The SMILES string of the molecule is COC(=O)NC(C(=O)N1CCCC1c1ncc(-c2ccc3cc(-c4ccc(-c5cnc(C6CC7(CC7)CN6C(=O)C(C6CCOCC6)N(C(=O)OC)N(C(=O)OC)C(C(=O)N6CC7(CC7)CC6c6ncc(-c7ccc(-c8ccc9cc(-c%10cnc(C%11CCCN%11C(=O)C(NC(=O)OC)c%11ccccc%11)[nH]%10)ccc9c8)cc7)[nH]6)C6CCOCC6)[nH]5)cc4)ccc3c2)[nH]1)c1ccccc1. The Morgan fingerprint density at radius 3 is 1.03 bits per heavy atom. The number of aromatic amines is 4. The summed E-state index contributed by atoms with van der Waals surface area (Å²) in [6.45, 7) is 2.98. The molecule has 8 aromatic carbocycles. The number of hydrogen-bond donors (Lipinski definition) is 6. The fraction of sp³-hybridized carbons (Fsp3) is 0.373. The topological polar surface area (TPSA) is 350 Å². The largest absolute Gasteiger partial charge is 0.453 e.